The summed E-state index contributed by atoms with van der Waals surface area (Å²) in [6.07, 6.45) is 7.88. The van der Waals surface area contributed by atoms with Crippen molar-refractivity contribution in [2.45, 2.75) is 109 Å². The summed E-state index contributed by atoms with van der Waals surface area (Å²) in [5, 5.41) is 21.3. The van der Waals surface area contributed by atoms with Gasteiger partial charge in [0.15, 0.2) is 0 Å². The standard InChI is InChI=1S/C41H52N6O8/c1-26-11-16-34-29(21-26)17-20-46(34)25-27-9-8-10-31(28-12-14-30(15-13-28)47(53)54)32(22-36(49)55-40(2,3)4)37(50)45-41(18-6-5-7-19-41)39(52)44-33(23-35(42)48)38(51)43-24-27/h8,10-17,20-21,27,31-33H,5-7,9,18-19,22-25H2,1-4H3,(H2,42,48)(H,43,51)(H,44,52)(H,45,50)/b10-8+/t27-,31-,32+,33+/m1/s1. The van der Waals surface area contributed by atoms with Crippen molar-refractivity contribution in [3.63, 3.8) is 0 Å². The molecule has 4 amide bonds. The van der Waals surface area contributed by atoms with Crippen LogP contribution >= 0.6 is 0 Å². The minimum absolute atomic E-state index is 0.133. The van der Waals surface area contributed by atoms with Crippen molar-refractivity contribution in [2.24, 2.45) is 17.6 Å². The highest BCUT2D eigenvalue weighted by Crippen LogP contribution is 2.35. The fraction of sp³-hybridized carbons (Fsp3) is 0.488. The Bertz CT molecular complexity index is 1940. The van der Waals surface area contributed by atoms with Gasteiger partial charge in [0.1, 0.15) is 17.2 Å². The third-order valence-corrected chi connectivity index (χ3v) is 10.4. The minimum Gasteiger partial charge on any atom is -0.460 e. The third-order valence-electron chi connectivity index (χ3n) is 10.4. The van der Waals surface area contributed by atoms with Gasteiger partial charge in [-0.05, 0) is 82.0 Å². The van der Waals surface area contributed by atoms with E-state index in [-0.39, 0.29) is 37.4 Å². The maximum absolute atomic E-state index is 14.7. The monoisotopic (exact) mass is 756 g/mol. The summed E-state index contributed by atoms with van der Waals surface area (Å²) in [5.74, 6) is -5.28. The number of nitro groups is 1. The van der Waals surface area contributed by atoms with Gasteiger partial charge in [0.05, 0.1) is 23.7 Å². The number of carbonyl (C=O) groups is 5. The van der Waals surface area contributed by atoms with Crippen molar-refractivity contribution in [3.05, 3.63) is 88.1 Å². The van der Waals surface area contributed by atoms with Crippen molar-refractivity contribution in [2.75, 3.05) is 6.54 Å². The molecule has 0 bridgehead atoms. The van der Waals surface area contributed by atoms with Crippen LogP contribution in [0.15, 0.2) is 66.9 Å². The van der Waals surface area contributed by atoms with Gasteiger partial charge in [0, 0.05) is 42.9 Å². The lowest BCUT2D eigenvalue weighted by atomic mass is 9.78. The summed E-state index contributed by atoms with van der Waals surface area (Å²) in [4.78, 5) is 79.4. The van der Waals surface area contributed by atoms with E-state index in [0.717, 1.165) is 22.9 Å². The minimum atomic E-state index is -1.45. The number of ether oxygens (including phenoxy) is 1. The molecule has 1 aliphatic carbocycles. The average molecular weight is 757 g/mol. The predicted octanol–water partition coefficient (Wildman–Crippen LogP) is 4.86. The Morgan fingerprint density at radius 3 is 2.36 bits per heavy atom. The highest BCUT2D eigenvalue weighted by atomic mass is 16.6. The smallest absolute Gasteiger partial charge is 0.307 e. The van der Waals surface area contributed by atoms with Gasteiger partial charge in [-0.3, -0.25) is 34.1 Å². The van der Waals surface area contributed by atoms with Gasteiger partial charge >= 0.3 is 5.97 Å². The van der Waals surface area contributed by atoms with Crippen LogP contribution in [0.5, 0.6) is 0 Å². The number of nitrogens with zero attached hydrogens (tertiary/aromatic N) is 2. The number of primary amides is 1. The number of esters is 1. The molecule has 2 aliphatic rings. The molecule has 0 radical (unpaired) electrons. The Morgan fingerprint density at radius 1 is 1.00 bits per heavy atom. The summed E-state index contributed by atoms with van der Waals surface area (Å²) >= 11 is 0. The van der Waals surface area contributed by atoms with Crippen LogP contribution in [0.25, 0.3) is 10.9 Å². The molecule has 2 heterocycles. The van der Waals surface area contributed by atoms with E-state index in [9.17, 15) is 34.1 Å². The van der Waals surface area contributed by atoms with Gasteiger partial charge in [-0.2, -0.15) is 0 Å². The lowest BCUT2D eigenvalue weighted by molar-refractivity contribution is -0.384. The fourth-order valence-corrected chi connectivity index (χ4v) is 7.61. The van der Waals surface area contributed by atoms with Gasteiger partial charge in [-0.15, -0.1) is 0 Å². The first-order valence-electron chi connectivity index (χ1n) is 18.9. The van der Waals surface area contributed by atoms with Crippen molar-refractivity contribution in [3.8, 4) is 0 Å². The van der Waals surface area contributed by atoms with Gasteiger partial charge < -0.3 is 31.0 Å². The summed E-state index contributed by atoms with van der Waals surface area (Å²) in [6.45, 7) is 7.85. The van der Waals surface area contributed by atoms with E-state index in [0.29, 0.717) is 31.4 Å². The number of nitrogens with one attached hydrogen (secondary N) is 3. The van der Waals surface area contributed by atoms with E-state index in [1.807, 2.05) is 43.5 Å². The molecule has 1 aromatic heterocycles. The van der Waals surface area contributed by atoms with E-state index < -0.39 is 70.0 Å². The molecule has 5 N–H and O–H groups in total. The quantitative estimate of drug-likeness (QED) is 0.108. The topological polar surface area (TPSA) is 205 Å². The van der Waals surface area contributed by atoms with Crippen molar-refractivity contribution in [1.82, 2.24) is 20.5 Å². The molecule has 3 aromatic rings. The molecular weight excluding hydrogens is 704 g/mol. The molecule has 14 heteroatoms. The summed E-state index contributed by atoms with van der Waals surface area (Å²) in [7, 11) is 0. The number of nitro benzene ring substituents is 1. The number of allylic oxidation sites excluding steroid dienone is 2. The Kier molecular flexibility index (Phi) is 12.8. The number of fused-ring (bicyclic) bond motifs is 1. The number of hydrogen-bond donors (Lipinski definition) is 4. The van der Waals surface area contributed by atoms with E-state index in [1.165, 1.54) is 12.1 Å². The van der Waals surface area contributed by atoms with Crippen LogP contribution in [-0.2, 0) is 35.3 Å². The van der Waals surface area contributed by atoms with Crippen LogP contribution in [0.4, 0.5) is 5.69 Å². The van der Waals surface area contributed by atoms with Crippen LogP contribution in [-0.4, -0.2) is 62.8 Å². The SMILES string of the molecule is Cc1ccc2c(ccn2C[C@@H]2C/C=C/[C@H](c3ccc([N+](=O)[O-])cc3)[C@H](CC(=O)OC(C)(C)C)C(=O)NC3(CCCCC3)C(=O)N[C@@H](CC(N)=O)C(=O)NC2)c1. The zero-order valence-electron chi connectivity index (χ0n) is 32.0. The number of benzene rings is 2. The Morgan fingerprint density at radius 2 is 1.71 bits per heavy atom. The molecule has 1 fully saturated rings. The van der Waals surface area contributed by atoms with Crippen LogP contribution in [0.1, 0.15) is 89.2 Å². The number of aromatic nitrogens is 1. The maximum Gasteiger partial charge on any atom is 0.307 e. The first-order chi connectivity index (χ1) is 26.0. The molecule has 55 heavy (non-hydrogen) atoms. The molecule has 5 rings (SSSR count). The normalized spacial score (nSPS) is 23.1. The summed E-state index contributed by atoms with van der Waals surface area (Å²) in [5.41, 5.74) is 5.81. The highest BCUT2D eigenvalue weighted by Gasteiger charge is 2.45. The van der Waals surface area contributed by atoms with Crippen LogP contribution in [0.2, 0.25) is 0 Å². The Labute approximate surface area is 320 Å². The van der Waals surface area contributed by atoms with Gasteiger partial charge in [-0.25, -0.2) is 0 Å². The largest absolute Gasteiger partial charge is 0.460 e. The van der Waals surface area contributed by atoms with Gasteiger partial charge in [0.2, 0.25) is 23.6 Å². The van der Waals surface area contributed by atoms with E-state index in [4.69, 9.17) is 10.5 Å². The number of non-ortho nitro benzene ring substituents is 1. The molecule has 1 aliphatic heterocycles. The molecule has 0 saturated heterocycles. The number of hydrogen-bond acceptors (Lipinski definition) is 8. The Balaban J connectivity index is 1.61. The molecule has 1 saturated carbocycles. The summed E-state index contributed by atoms with van der Waals surface area (Å²) in [6, 6.07) is 12.7. The average Bonchev–Trinajstić information content (AvgIpc) is 3.51. The first kappa shape index (κ1) is 40.7. The number of nitrogens with two attached hydrogens (primary N) is 1. The molecule has 4 atom stereocenters. The van der Waals surface area contributed by atoms with Crippen molar-refractivity contribution in [1.29, 1.82) is 0 Å². The van der Waals surface area contributed by atoms with Gasteiger partial charge in [0.25, 0.3) is 5.69 Å². The second-order valence-corrected chi connectivity index (χ2v) is 15.9. The van der Waals surface area contributed by atoms with Gasteiger partial charge in [-0.1, -0.05) is 55.2 Å². The van der Waals surface area contributed by atoms with Crippen LogP contribution < -0.4 is 21.7 Å². The van der Waals surface area contributed by atoms with E-state index in [2.05, 4.69) is 26.6 Å². The third kappa shape index (κ3) is 10.6. The number of amides is 4. The zero-order chi connectivity index (χ0) is 39.9. The van der Waals surface area contributed by atoms with Crippen LogP contribution in [0, 0.1) is 28.9 Å². The van der Waals surface area contributed by atoms with E-state index >= 15 is 0 Å². The first-order valence-corrected chi connectivity index (χ1v) is 18.9. The molecule has 294 valence electrons. The second-order valence-electron chi connectivity index (χ2n) is 15.9. The van der Waals surface area contributed by atoms with Crippen molar-refractivity contribution >= 4 is 46.2 Å². The molecule has 14 nitrogen and oxygen atoms in total. The molecule has 0 unspecified atom stereocenters. The lowest BCUT2D eigenvalue weighted by Gasteiger charge is -2.39. The maximum atomic E-state index is 14.7. The number of aryl methyl sites for hydroxylation is 1. The van der Waals surface area contributed by atoms with E-state index in [1.54, 1.807) is 32.9 Å². The molecule has 2 aromatic carbocycles. The number of carbonyl (C=O) groups excluding carboxylic acids is 5. The summed E-state index contributed by atoms with van der Waals surface area (Å²) < 4.78 is 7.78. The lowest BCUT2D eigenvalue weighted by Crippen LogP contribution is -2.64. The molecule has 1 spiro atoms. The predicted molar refractivity (Wildman–Crippen MR) is 206 cm³/mol. The zero-order valence-corrected chi connectivity index (χ0v) is 32.0. The number of rotatable bonds is 8. The molecular formula is C41H52N6O8. The van der Waals surface area contributed by atoms with Crippen molar-refractivity contribution < 1.29 is 33.6 Å². The highest BCUT2D eigenvalue weighted by molar-refractivity contribution is 5.97. The second kappa shape index (κ2) is 17.3. The van der Waals surface area contributed by atoms with Crippen LogP contribution in [0.3, 0.4) is 0 Å². The Hall–Kier alpha value is -5.53. The fourth-order valence-electron chi connectivity index (χ4n) is 7.61.